The highest BCUT2D eigenvalue weighted by molar-refractivity contribution is 5.76. The van der Waals surface area contributed by atoms with Crippen LogP contribution >= 0.6 is 0 Å². The van der Waals surface area contributed by atoms with E-state index in [4.69, 9.17) is 4.74 Å². The minimum absolute atomic E-state index is 0.0255. The highest BCUT2D eigenvalue weighted by atomic mass is 16.5. The molecule has 0 amide bonds. The molecule has 5 atom stereocenters. The lowest BCUT2D eigenvalue weighted by Gasteiger charge is -2.49. The lowest BCUT2D eigenvalue weighted by Crippen LogP contribution is -2.47. The highest BCUT2D eigenvalue weighted by Crippen LogP contribution is 2.50. The third kappa shape index (κ3) is 5.47. The van der Waals surface area contributed by atoms with Crippen molar-refractivity contribution in [3.05, 3.63) is 0 Å². The molecule has 0 bridgehead atoms. The van der Waals surface area contributed by atoms with E-state index in [1.807, 2.05) is 0 Å². The molecule has 0 radical (unpaired) electrons. The van der Waals surface area contributed by atoms with Crippen LogP contribution in [0, 0.1) is 34.0 Å². The summed E-state index contributed by atoms with van der Waals surface area (Å²) in [6.07, 6.45) is 5.01. The Bertz CT molecular complexity index is 440. The minimum atomic E-state index is -0.332. The van der Waals surface area contributed by atoms with Crippen molar-refractivity contribution in [3.8, 4) is 0 Å². The molecule has 0 N–H and O–H groups in total. The maximum atomic E-state index is 13.0. The molecule has 0 saturated heterocycles. The van der Waals surface area contributed by atoms with Crippen molar-refractivity contribution in [2.75, 3.05) is 0 Å². The van der Waals surface area contributed by atoms with Gasteiger partial charge in [0, 0.05) is 5.92 Å². The van der Waals surface area contributed by atoms with Gasteiger partial charge in [0.25, 0.3) is 0 Å². The number of esters is 1. The Kier molecular flexibility index (Phi) is 7.21. The summed E-state index contributed by atoms with van der Waals surface area (Å²) in [5.41, 5.74) is 0.126. The molecule has 2 nitrogen and oxygen atoms in total. The molecule has 5 unspecified atom stereocenters. The molecular weight excluding hydrogens is 308 g/mol. The third-order valence-corrected chi connectivity index (χ3v) is 6.81. The van der Waals surface area contributed by atoms with Crippen LogP contribution in [0.15, 0.2) is 0 Å². The van der Waals surface area contributed by atoms with Gasteiger partial charge >= 0.3 is 5.97 Å². The minimum Gasteiger partial charge on any atom is -0.462 e. The number of hydrogen-bond donors (Lipinski definition) is 0. The van der Waals surface area contributed by atoms with Gasteiger partial charge in [0.2, 0.25) is 0 Å². The zero-order valence-corrected chi connectivity index (χ0v) is 18.7. The van der Waals surface area contributed by atoms with Crippen LogP contribution in [0.5, 0.6) is 0 Å². The van der Waals surface area contributed by atoms with E-state index in [0.717, 1.165) is 32.1 Å². The monoisotopic (exact) mass is 352 g/mol. The first-order chi connectivity index (χ1) is 11.3. The Morgan fingerprint density at radius 1 is 0.920 bits per heavy atom. The summed E-state index contributed by atoms with van der Waals surface area (Å²) in [6, 6.07) is 0. The third-order valence-electron chi connectivity index (χ3n) is 6.81. The maximum absolute atomic E-state index is 13.0. The van der Waals surface area contributed by atoms with Crippen LogP contribution < -0.4 is 0 Å². The van der Waals surface area contributed by atoms with Crippen LogP contribution in [-0.4, -0.2) is 12.1 Å². The van der Waals surface area contributed by atoms with Gasteiger partial charge in [-0.15, -0.1) is 0 Å². The molecular formula is C23H44O2. The molecule has 2 heteroatoms. The van der Waals surface area contributed by atoms with E-state index in [2.05, 4.69) is 69.2 Å². The normalized spacial score (nSPS) is 30.6. The number of hydrogen-bond acceptors (Lipinski definition) is 2. The Morgan fingerprint density at radius 2 is 1.44 bits per heavy atom. The second-order valence-corrected chi connectivity index (χ2v) is 11.0. The molecule has 0 aromatic rings. The van der Waals surface area contributed by atoms with Crippen molar-refractivity contribution in [2.24, 2.45) is 34.0 Å². The van der Waals surface area contributed by atoms with E-state index in [0.29, 0.717) is 23.2 Å². The fourth-order valence-corrected chi connectivity index (χ4v) is 4.86. The largest absolute Gasteiger partial charge is 0.462 e. The molecule has 0 aliphatic heterocycles. The van der Waals surface area contributed by atoms with E-state index < -0.39 is 0 Å². The van der Waals surface area contributed by atoms with Crippen molar-refractivity contribution in [2.45, 2.75) is 107 Å². The molecule has 25 heavy (non-hydrogen) atoms. The molecule has 148 valence electrons. The standard InChI is InChI=1S/C23H44O2/c1-11-13-23(10,12-2)20(24)25-19-14-16(3)17(21(4,5)6)15-18(19)22(7,8)9/h16-19H,11-15H2,1-10H3. The SMILES string of the molecule is CCCC(C)(CC)C(=O)OC1CC(C)C(C(C)(C)C)CC1C(C)(C)C. The van der Waals surface area contributed by atoms with E-state index in [1.54, 1.807) is 0 Å². The topological polar surface area (TPSA) is 26.3 Å². The summed E-state index contributed by atoms with van der Waals surface area (Å²) in [7, 11) is 0. The first kappa shape index (κ1) is 22.5. The van der Waals surface area contributed by atoms with Crippen LogP contribution in [0.3, 0.4) is 0 Å². The van der Waals surface area contributed by atoms with Gasteiger partial charge in [0.15, 0.2) is 0 Å². The smallest absolute Gasteiger partial charge is 0.312 e. The predicted molar refractivity (Wildman–Crippen MR) is 107 cm³/mol. The molecule has 1 saturated carbocycles. The lowest BCUT2D eigenvalue weighted by molar-refractivity contribution is -0.173. The maximum Gasteiger partial charge on any atom is 0.312 e. The van der Waals surface area contributed by atoms with E-state index in [1.165, 1.54) is 0 Å². The molecule has 1 rings (SSSR count). The molecule has 0 aromatic carbocycles. The molecule has 0 aromatic heterocycles. The molecule has 0 heterocycles. The molecule has 1 aliphatic carbocycles. The number of carbonyl (C=O) groups is 1. The molecule has 1 fully saturated rings. The van der Waals surface area contributed by atoms with E-state index in [-0.39, 0.29) is 22.9 Å². The summed E-state index contributed by atoms with van der Waals surface area (Å²) in [5, 5.41) is 0. The van der Waals surface area contributed by atoms with Crippen molar-refractivity contribution in [3.63, 3.8) is 0 Å². The number of rotatable bonds is 5. The van der Waals surface area contributed by atoms with Gasteiger partial charge in [-0.1, -0.05) is 68.7 Å². The zero-order chi connectivity index (χ0) is 19.6. The number of carbonyl (C=O) groups excluding carboxylic acids is 1. The Hall–Kier alpha value is -0.530. The van der Waals surface area contributed by atoms with Gasteiger partial charge in [0.05, 0.1) is 5.41 Å². The fraction of sp³-hybridized carbons (Fsp3) is 0.957. The molecule has 0 spiro atoms. The summed E-state index contributed by atoms with van der Waals surface area (Å²) in [4.78, 5) is 13.0. The van der Waals surface area contributed by atoms with Gasteiger partial charge in [0.1, 0.15) is 6.10 Å². The van der Waals surface area contributed by atoms with Crippen molar-refractivity contribution in [1.82, 2.24) is 0 Å². The summed E-state index contributed by atoms with van der Waals surface area (Å²) in [6.45, 7) is 22.7. The van der Waals surface area contributed by atoms with Crippen molar-refractivity contribution < 1.29 is 9.53 Å². The number of ether oxygens (including phenoxy) is 1. The Morgan fingerprint density at radius 3 is 1.84 bits per heavy atom. The van der Waals surface area contributed by atoms with Gasteiger partial charge in [-0.05, 0) is 55.3 Å². The van der Waals surface area contributed by atoms with E-state index >= 15 is 0 Å². The average molecular weight is 353 g/mol. The predicted octanol–water partition coefficient (Wildman–Crippen LogP) is 6.87. The van der Waals surface area contributed by atoms with Crippen molar-refractivity contribution >= 4 is 5.97 Å². The highest BCUT2D eigenvalue weighted by Gasteiger charge is 2.47. The van der Waals surface area contributed by atoms with Crippen LogP contribution in [0.4, 0.5) is 0 Å². The van der Waals surface area contributed by atoms with Crippen LogP contribution in [0.1, 0.15) is 101 Å². The van der Waals surface area contributed by atoms with Gasteiger partial charge in [-0.3, -0.25) is 4.79 Å². The Balaban J connectivity index is 3.02. The van der Waals surface area contributed by atoms with Crippen LogP contribution in [0.25, 0.3) is 0 Å². The average Bonchev–Trinajstić information content (AvgIpc) is 2.44. The summed E-state index contributed by atoms with van der Waals surface area (Å²) >= 11 is 0. The van der Waals surface area contributed by atoms with Crippen LogP contribution in [0.2, 0.25) is 0 Å². The first-order valence-corrected chi connectivity index (χ1v) is 10.5. The lowest BCUT2D eigenvalue weighted by atomic mass is 9.58. The first-order valence-electron chi connectivity index (χ1n) is 10.5. The van der Waals surface area contributed by atoms with Crippen molar-refractivity contribution in [1.29, 1.82) is 0 Å². The second-order valence-electron chi connectivity index (χ2n) is 11.0. The summed E-state index contributed by atoms with van der Waals surface area (Å²) in [5.74, 6) is 1.73. The van der Waals surface area contributed by atoms with Gasteiger partial charge in [-0.2, -0.15) is 0 Å². The van der Waals surface area contributed by atoms with Gasteiger partial charge in [-0.25, -0.2) is 0 Å². The van der Waals surface area contributed by atoms with Gasteiger partial charge < -0.3 is 4.74 Å². The summed E-state index contributed by atoms with van der Waals surface area (Å²) < 4.78 is 6.23. The van der Waals surface area contributed by atoms with E-state index in [9.17, 15) is 4.79 Å². The molecule has 1 aliphatic rings. The Labute approximate surface area is 157 Å². The quantitative estimate of drug-likeness (QED) is 0.505. The zero-order valence-electron chi connectivity index (χ0n) is 18.7. The fourth-order valence-electron chi connectivity index (χ4n) is 4.86. The van der Waals surface area contributed by atoms with Crippen LogP contribution in [-0.2, 0) is 9.53 Å². The second kappa shape index (κ2) is 8.01.